The molecule has 0 aromatic carbocycles. The van der Waals surface area contributed by atoms with Gasteiger partial charge in [0.2, 0.25) is 0 Å². The third-order valence-corrected chi connectivity index (χ3v) is 4.17. The highest BCUT2D eigenvalue weighted by molar-refractivity contribution is 5.07. The number of rotatable bonds is 7. The van der Waals surface area contributed by atoms with Gasteiger partial charge in [0.15, 0.2) is 0 Å². The summed E-state index contributed by atoms with van der Waals surface area (Å²) in [5, 5.41) is 3.42. The predicted molar refractivity (Wildman–Crippen MR) is 83.6 cm³/mol. The van der Waals surface area contributed by atoms with Crippen molar-refractivity contribution in [1.29, 1.82) is 0 Å². The van der Waals surface area contributed by atoms with Gasteiger partial charge in [0.05, 0.1) is 13.1 Å². The van der Waals surface area contributed by atoms with Crippen LogP contribution in [0.5, 0.6) is 0 Å². The average molecular weight is 278 g/mol. The molecule has 1 aromatic rings. The first-order valence-electron chi connectivity index (χ1n) is 8.13. The van der Waals surface area contributed by atoms with E-state index in [1.807, 2.05) is 0 Å². The van der Waals surface area contributed by atoms with Gasteiger partial charge in [-0.3, -0.25) is 4.90 Å². The Bertz CT molecular complexity index is 380. The van der Waals surface area contributed by atoms with Gasteiger partial charge in [0, 0.05) is 6.04 Å². The topological polar surface area (TPSA) is 28.4 Å². The molecule has 0 spiro atoms. The summed E-state index contributed by atoms with van der Waals surface area (Å²) < 4.78 is 5.92. The van der Waals surface area contributed by atoms with Gasteiger partial charge < -0.3 is 9.73 Å². The summed E-state index contributed by atoms with van der Waals surface area (Å²) in [7, 11) is 2.23. The van der Waals surface area contributed by atoms with E-state index in [1.165, 1.54) is 32.1 Å². The van der Waals surface area contributed by atoms with Gasteiger partial charge in [0.25, 0.3) is 0 Å². The monoisotopic (exact) mass is 278 g/mol. The van der Waals surface area contributed by atoms with E-state index in [0.717, 1.165) is 37.2 Å². The minimum absolute atomic E-state index is 0.682. The standard InChI is InChI=1S/C17H30N2O/c1-14(2)11-18-12-16-9-10-17(20-16)13-19(3)15-7-5-4-6-8-15/h9-10,14-15,18H,4-8,11-13H2,1-3H3. The highest BCUT2D eigenvalue weighted by Gasteiger charge is 2.18. The van der Waals surface area contributed by atoms with Crippen LogP contribution in [0.1, 0.15) is 57.5 Å². The Kier molecular flexibility index (Phi) is 6.11. The molecule has 1 aromatic heterocycles. The minimum atomic E-state index is 0.682. The van der Waals surface area contributed by atoms with E-state index in [9.17, 15) is 0 Å². The van der Waals surface area contributed by atoms with Gasteiger partial charge in [-0.1, -0.05) is 33.1 Å². The Morgan fingerprint density at radius 2 is 1.90 bits per heavy atom. The van der Waals surface area contributed by atoms with Crippen LogP contribution in [0, 0.1) is 5.92 Å². The number of hydrogen-bond donors (Lipinski definition) is 1. The third-order valence-electron chi connectivity index (χ3n) is 4.17. The molecule has 0 bridgehead atoms. The maximum atomic E-state index is 5.92. The molecule has 20 heavy (non-hydrogen) atoms. The Hall–Kier alpha value is -0.800. The number of hydrogen-bond acceptors (Lipinski definition) is 3. The fraction of sp³-hybridized carbons (Fsp3) is 0.765. The fourth-order valence-corrected chi connectivity index (χ4v) is 2.98. The summed E-state index contributed by atoms with van der Waals surface area (Å²) in [5.41, 5.74) is 0. The summed E-state index contributed by atoms with van der Waals surface area (Å²) in [6.07, 6.45) is 6.88. The molecule has 0 amide bonds. The second-order valence-electron chi connectivity index (χ2n) is 6.60. The summed E-state index contributed by atoms with van der Waals surface area (Å²) in [6.45, 7) is 7.26. The summed E-state index contributed by atoms with van der Waals surface area (Å²) in [5.74, 6) is 2.83. The molecule has 0 unspecified atom stereocenters. The van der Waals surface area contributed by atoms with Crippen LogP contribution in [-0.2, 0) is 13.1 Å². The lowest BCUT2D eigenvalue weighted by Gasteiger charge is -2.30. The van der Waals surface area contributed by atoms with Crippen LogP contribution in [0.15, 0.2) is 16.5 Å². The molecule has 2 rings (SSSR count). The van der Waals surface area contributed by atoms with Gasteiger partial charge in [0.1, 0.15) is 11.5 Å². The summed E-state index contributed by atoms with van der Waals surface area (Å²) in [4.78, 5) is 2.46. The zero-order valence-corrected chi connectivity index (χ0v) is 13.3. The molecule has 1 aliphatic carbocycles. The lowest BCUT2D eigenvalue weighted by Crippen LogP contribution is -2.32. The molecule has 0 atom stereocenters. The van der Waals surface area contributed by atoms with Crippen molar-refractivity contribution in [2.75, 3.05) is 13.6 Å². The van der Waals surface area contributed by atoms with Crippen molar-refractivity contribution in [3.8, 4) is 0 Å². The quantitative estimate of drug-likeness (QED) is 0.822. The van der Waals surface area contributed by atoms with E-state index in [2.05, 4.69) is 43.2 Å². The van der Waals surface area contributed by atoms with E-state index in [4.69, 9.17) is 4.42 Å². The third kappa shape index (κ3) is 4.95. The first-order chi connectivity index (χ1) is 9.65. The van der Waals surface area contributed by atoms with Crippen molar-refractivity contribution in [2.45, 2.75) is 65.1 Å². The van der Waals surface area contributed by atoms with Gasteiger partial charge in [-0.2, -0.15) is 0 Å². The highest BCUT2D eigenvalue weighted by atomic mass is 16.3. The number of nitrogens with zero attached hydrogens (tertiary/aromatic N) is 1. The van der Waals surface area contributed by atoms with Crippen molar-refractivity contribution in [2.24, 2.45) is 5.92 Å². The van der Waals surface area contributed by atoms with Crippen LogP contribution in [-0.4, -0.2) is 24.5 Å². The summed E-state index contributed by atoms with van der Waals surface area (Å²) >= 11 is 0. The van der Waals surface area contributed by atoms with Gasteiger partial charge in [-0.15, -0.1) is 0 Å². The second kappa shape index (κ2) is 7.84. The molecule has 3 heteroatoms. The first-order valence-corrected chi connectivity index (χ1v) is 8.13. The van der Waals surface area contributed by atoms with Crippen molar-refractivity contribution < 1.29 is 4.42 Å². The Morgan fingerprint density at radius 3 is 2.60 bits per heavy atom. The molecule has 0 radical (unpaired) electrons. The van der Waals surface area contributed by atoms with Crippen molar-refractivity contribution >= 4 is 0 Å². The average Bonchev–Trinajstić information content (AvgIpc) is 2.87. The molecule has 0 saturated heterocycles. The maximum absolute atomic E-state index is 5.92. The minimum Gasteiger partial charge on any atom is -0.463 e. The number of furan rings is 1. The zero-order chi connectivity index (χ0) is 14.4. The van der Waals surface area contributed by atoms with Crippen molar-refractivity contribution in [3.63, 3.8) is 0 Å². The molecular formula is C17H30N2O. The normalized spacial score (nSPS) is 17.2. The molecular weight excluding hydrogens is 248 g/mol. The zero-order valence-electron chi connectivity index (χ0n) is 13.3. The molecule has 1 N–H and O–H groups in total. The number of nitrogens with one attached hydrogen (secondary N) is 1. The van der Waals surface area contributed by atoms with Crippen molar-refractivity contribution in [1.82, 2.24) is 10.2 Å². The van der Waals surface area contributed by atoms with Gasteiger partial charge >= 0.3 is 0 Å². The molecule has 114 valence electrons. The van der Waals surface area contributed by atoms with Gasteiger partial charge in [-0.05, 0) is 44.5 Å². The lowest BCUT2D eigenvalue weighted by atomic mass is 9.94. The van der Waals surface area contributed by atoms with Crippen LogP contribution in [0.4, 0.5) is 0 Å². The van der Waals surface area contributed by atoms with Crippen LogP contribution in [0.2, 0.25) is 0 Å². The Morgan fingerprint density at radius 1 is 1.20 bits per heavy atom. The molecule has 1 fully saturated rings. The predicted octanol–water partition coefficient (Wildman–Crippen LogP) is 3.79. The smallest absolute Gasteiger partial charge is 0.118 e. The molecule has 1 aliphatic rings. The summed E-state index contributed by atoms with van der Waals surface area (Å²) in [6, 6.07) is 4.99. The van der Waals surface area contributed by atoms with E-state index in [-0.39, 0.29) is 0 Å². The van der Waals surface area contributed by atoms with Crippen LogP contribution in [0.25, 0.3) is 0 Å². The second-order valence-corrected chi connectivity index (χ2v) is 6.60. The van der Waals surface area contributed by atoms with E-state index < -0.39 is 0 Å². The maximum Gasteiger partial charge on any atom is 0.118 e. The molecule has 1 saturated carbocycles. The van der Waals surface area contributed by atoms with Gasteiger partial charge in [-0.25, -0.2) is 0 Å². The Balaban J connectivity index is 1.76. The SMILES string of the molecule is CC(C)CNCc1ccc(CN(C)C2CCCCC2)o1. The van der Waals surface area contributed by atoms with E-state index in [0.29, 0.717) is 5.92 Å². The fourth-order valence-electron chi connectivity index (χ4n) is 2.98. The van der Waals surface area contributed by atoms with Crippen LogP contribution < -0.4 is 5.32 Å². The molecule has 1 heterocycles. The van der Waals surface area contributed by atoms with Crippen LogP contribution >= 0.6 is 0 Å². The van der Waals surface area contributed by atoms with Crippen LogP contribution in [0.3, 0.4) is 0 Å². The van der Waals surface area contributed by atoms with E-state index >= 15 is 0 Å². The van der Waals surface area contributed by atoms with Crippen molar-refractivity contribution in [3.05, 3.63) is 23.7 Å². The van der Waals surface area contributed by atoms with E-state index in [1.54, 1.807) is 0 Å². The lowest BCUT2D eigenvalue weighted by molar-refractivity contribution is 0.172. The molecule has 0 aliphatic heterocycles. The highest BCUT2D eigenvalue weighted by Crippen LogP contribution is 2.23. The molecule has 3 nitrogen and oxygen atoms in total. The first kappa shape index (κ1) is 15.6. The Labute approximate surface area is 123 Å². The largest absolute Gasteiger partial charge is 0.463 e.